The molecule has 0 spiro atoms. The molecule has 20 heavy (non-hydrogen) atoms. The molecule has 1 aromatic rings. The van der Waals surface area contributed by atoms with E-state index >= 15 is 0 Å². The maximum absolute atomic E-state index is 5.98. The Kier molecular flexibility index (Phi) is 4.79. The van der Waals surface area contributed by atoms with Crippen molar-refractivity contribution in [3.63, 3.8) is 0 Å². The number of nitrogens with zero attached hydrogens (tertiary/aromatic N) is 1. The van der Waals surface area contributed by atoms with Crippen molar-refractivity contribution in [2.24, 2.45) is 5.41 Å². The van der Waals surface area contributed by atoms with Gasteiger partial charge in [-0.05, 0) is 36.8 Å². The molecule has 0 aliphatic carbocycles. The van der Waals surface area contributed by atoms with Gasteiger partial charge in [0.2, 0.25) is 0 Å². The second-order valence-electron chi connectivity index (χ2n) is 6.22. The summed E-state index contributed by atoms with van der Waals surface area (Å²) in [6.07, 6.45) is 4.80. The fraction of sp³-hybridized carbons (Fsp3) is 0.647. The van der Waals surface area contributed by atoms with Crippen LogP contribution in [0, 0.1) is 5.41 Å². The van der Waals surface area contributed by atoms with Crippen molar-refractivity contribution in [1.82, 2.24) is 0 Å². The Balaban J connectivity index is 2.06. The van der Waals surface area contributed by atoms with E-state index in [0.717, 1.165) is 37.6 Å². The minimum atomic E-state index is 0.520. The zero-order valence-electron chi connectivity index (χ0n) is 13.1. The fourth-order valence-electron chi connectivity index (χ4n) is 2.72. The molecule has 1 fully saturated rings. The average molecular weight is 276 g/mol. The van der Waals surface area contributed by atoms with Gasteiger partial charge in [0.1, 0.15) is 5.75 Å². The molecule has 0 radical (unpaired) electrons. The summed E-state index contributed by atoms with van der Waals surface area (Å²) in [6, 6.07) is 6.18. The monoisotopic (exact) mass is 276 g/mol. The number of anilines is 2. The lowest BCUT2D eigenvalue weighted by Crippen LogP contribution is -2.38. The van der Waals surface area contributed by atoms with Crippen molar-refractivity contribution in [2.75, 3.05) is 30.3 Å². The molecule has 1 aliphatic heterocycles. The highest BCUT2D eigenvalue weighted by Gasteiger charge is 2.28. The van der Waals surface area contributed by atoms with Crippen molar-refractivity contribution in [3.05, 3.63) is 18.2 Å². The van der Waals surface area contributed by atoms with Crippen LogP contribution in [0.15, 0.2) is 18.2 Å². The van der Waals surface area contributed by atoms with E-state index < -0.39 is 0 Å². The van der Waals surface area contributed by atoms with E-state index in [0.29, 0.717) is 5.41 Å². The molecule has 1 aliphatic rings. The number of ether oxygens (including phenoxy) is 1. The highest BCUT2D eigenvalue weighted by Crippen LogP contribution is 2.37. The van der Waals surface area contributed by atoms with Crippen LogP contribution in [0.2, 0.25) is 0 Å². The first-order valence-corrected chi connectivity index (χ1v) is 7.85. The second kappa shape index (κ2) is 6.38. The zero-order valence-corrected chi connectivity index (χ0v) is 13.1. The third kappa shape index (κ3) is 3.38. The number of rotatable bonds is 5. The quantitative estimate of drug-likeness (QED) is 0.824. The zero-order chi connectivity index (χ0) is 14.6. The van der Waals surface area contributed by atoms with E-state index in [4.69, 9.17) is 10.5 Å². The van der Waals surface area contributed by atoms with Crippen molar-refractivity contribution < 1.29 is 4.74 Å². The summed E-state index contributed by atoms with van der Waals surface area (Å²) < 4.78 is 5.73. The topological polar surface area (TPSA) is 38.5 Å². The van der Waals surface area contributed by atoms with Crippen LogP contribution in [0.1, 0.15) is 46.5 Å². The lowest BCUT2D eigenvalue weighted by atomic mass is 9.78. The number of hydrogen-bond acceptors (Lipinski definition) is 3. The Morgan fingerprint density at radius 1 is 1.25 bits per heavy atom. The molecule has 2 rings (SSSR count). The first-order valence-electron chi connectivity index (χ1n) is 7.85. The van der Waals surface area contributed by atoms with E-state index in [9.17, 15) is 0 Å². The molecule has 3 nitrogen and oxygen atoms in total. The smallest absolute Gasteiger partial charge is 0.144 e. The summed E-state index contributed by atoms with van der Waals surface area (Å²) in [5.74, 6) is 0.827. The van der Waals surface area contributed by atoms with Gasteiger partial charge in [0.15, 0.2) is 0 Å². The summed E-state index contributed by atoms with van der Waals surface area (Å²) >= 11 is 0. The molecular formula is C17H28N2O. The van der Waals surface area contributed by atoms with Gasteiger partial charge < -0.3 is 15.4 Å². The molecule has 3 heteroatoms. The summed E-state index contributed by atoms with van der Waals surface area (Å²) in [4.78, 5) is 2.45. The maximum atomic E-state index is 5.98. The van der Waals surface area contributed by atoms with Gasteiger partial charge in [-0.2, -0.15) is 0 Å². The van der Waals surface area contributed by atoms with Crippen LogP contribution in [0.4, 0.5) is 11.4 Å². The highest BCUT2D eigenvalue weighted by molar-refractivity contribution is 5.62. The minimum Gasteiger partial charge on any atom is -0.491 e. The van der Waals surface area contributed by atoms with Crippen molar-refractivity contribution in [1.29, 1.82) is 0 Å². The molecule has 0 amide bonds. The standard InChI is InChI=1S/C17H28N2O/c1-4-12-20-16-13-14(6-7-15(16)18)19-10-8-17(3,5-2)9-11-19/h6-7,13H,4-5,8-12,18H2,1-3H3. The Morgan fingerprint density at radius 2 is 1.95 bits per heavy atom. The Bertz CT molecular complexity index is 437. The van der Waals surface area contributed by atoms with Crippen LogP contribution in [-0.2, 0) is 0 Å². The van der Waals surface area contributed by atoms with E-state index in [1.54, 1.807) is 0 Å². The van der Waals surface area contributed by atoms with Gasteiger partial charge in [0.25, 0.3) is 0 Å². The molecule has 1 aromatic carbocycles. The minimum absolute atomic E-state index is 0.520. The third-order valence-corrected chi connectivity index (χ3v) is 4.65. The number of nitrogens with two attached hydrogens (primary N) is 1. The van der Waals surface area contributed by atoms with E-state index in [1.165, 1.54) is 24.9 Å². The van der Waals surface area contributed by atoms with Crippen molar-refractivity contribution >= 4 is 11.4 Å². The van der Waals surface area contributed by atoms with Gasteiger partial charge in [0, 0.05) is 24.8 Å². The molecule has 0 bridgehead atoms. The van der Waals surface area contributed by atoms with Gasteiger partial charge in [0.05, 0.1) is 12.3 Å². The predicted octanol–water partition coefficient (Wildman–Crippen LogP) is 4.07. The summed E-state index contributed by atoms with van der Waals surface area (Å²) in [5, 5.41) is 0. The number of hydrogen-bond donors (Lipinski definition) is 1. The Hall–Kier alpha value is -1.38. The predicted molar refractivity (Wildman–Crippen MR) is 86.5 cm³/mol. The van der Waals surface area contributed by atoms with Gasteiger partial charge in [-0.1, -0.05) is 27.2 Å². The molecule has 0 aromatic heterocycles. The van der Waals surface area contributed by atoms with E-state index in [1.807, 2.05) is 6.07 Å². The SMILES string of the molecule is CCCOc1cc(N2CCC(C)(CC)CC2)ccc1N. The van der Waals surface area contributed by atoms with Crippen LogP contribution in [0.5, 0.6) is 5.75 Å². The molecule has 112 valence electrons. The Morgan fingerprint density at radius 3 is 2.55 bits per heavy atom. The van der Waals surface area contributed by atoms with Crippen molar-refractivity contribution in [2.45, 2.75) is 46.5 Å². The molecule has 2 N–H and O–H groups in total. The van der Waals surface area contributed by atoms with Crippen LogP contribution >= 0.6 is 0 Å². The molecule has 0 saturated carbocycles. The van der Waals surface area contributed by atoms with Crippen molar-refractivity contribution in [3.8, 4) is 5.75 Å². The van der Waals surface area contributed by atoms with Gasteiger partial charge in [-0.3, -0.25) is 0 Å². The van der Waals surface area contributed by atoms with Crippen LogP contribution in [0.25, 0.3) is 0 Å². The molecule has 0 atom stereocenters. The first kappa shape index (κ1) is 15.0. The fourth-order valence-corrected chi connectivity index (χ4v) is 2.72. The number of benzene rings is 1. The van der Waals surface area contributed by atoms with Crippen LogP contribution in [0.3, 0.4) is 0 Å². The molecule has 0 unspecified atom stereocenters. The largest absolute Gasteiger partial charge is 0.491 e. The normalized spacial score (nSPS) is 18.1. The molecular weight excluding hydrogens is 248 g/mol. The van der Waals surface area contributed by atoms with Gasteiger partial charge >= 0.3 is 0 Å². The Labute approximate surface area is 123 Å². The summed E-state index contributed by atoms with van der Waals surface area (Å²) in [7, 11) is 0. The number of piperidine rings is 1. The summed E-state index contributed by atoms with van der Waals surface area (Å²) in [5.41, 5.74) is 8.47. The highest BCUT2D eigenvalue weighted by atomic mass is 16.5. The third-order valence-electron chi connectivity index (χ3n) is 4.65. The van der Waals surface area contributed by atoms with Gasteiger partial charge in [-0.15, -0.1) is 0 Å². The van der Waals surface area contributed by atoms with Gasteiger partial charge in [-0.25, -0.2) is 0 Å². The molecule has 1 heterocycles. The van der Waals surface area contributed by atoms with Crippen LogP contribution < -0.4 is 15.4 Å². The number of nitrogen functional groups attached to an aromatic ring is 1. The maximum Gasteiger partial charge on any atom is 0.144 e. The first-order chi connectivity index (χ1) is 9.58. The average Bonchev–Trinajstić information content (AvgIpc) is 2.47. The lowest BCUT2D eigenvalue weighted by molar-refractivity contribution is 0.238. The lowest BCUT2D eigenvalue weighted by Gasteiger charge is -2.40. The van der Waals surface area contributed by atoms with E-state index in [-0.39, 0.29) is 0 Å². The second-order valence-corrected chi connectivity index (χ2v) is 6.22. The van der Waals surface area contributed by atoms with Crippen LogP contribution in [-0.4, -0.2) is 19.7 Å². The molecule has 1 saturated heterocycles. The van der Waals surface area contributed by atoms with E-state index in [2.05, 4.69) is 37.8 Å². The summed E-state index contributed by atoms with van der Waals surface area (Å²) in [6.45, 7) is 9.79.